The highest BCUT2D eigenvalue weighted by molar-refractivity contribution is 7.11. The molecule has 0 bridgehead atoms. The molecule has 16 heavy (non-hydrogen) atoms. The van der Waals surface area contributed by atoms with Crippen molar-refractivity contribution in [3.05, 3.63) is 52.0 Å². The summed E-state index contributed by atoms with van der Waals surface area (Å²) in [5.74, 6) is 0. The van der Waals surface area contributed by atoms with Gasteiger partial charge in [-0.15, -0.1) is 11.3 Å². The Morgan fingerprint density at radius 1 is 1.19 bits per heavy atom. The number of pyridine rings is 1. The van der Waals surface area contributed by atoms with Crippen molar-refractivity contribution >= 4 is 11.3 Å². The minimum Gasteiger partial charge on any atom is -0.324 e. The van der Waals surface area contributed by atoms with E-state index in [0.29, 0.717) is 0 Å². The maximum atomic E-state index is 6.16. The highest BCUT2D eigenvalue weighted by Gasteiger charge is 2.08. The van der Waals surface area contributed by atoms with Crippen LogP contribution in [0.2, 0.25) is 0 Å². The molecule has 2 rings (SSSR count). The van der Waals surface area contributed by atoms with Crippen molar-refractivity contribution in [3.63, 3.8) is 0 Å². The molecule has 2 heterocycles. The van der Waals surface area contributed by atoms with E-state index in [9.17, 15) is 0 Å². The summed E-state index contributed by atoms with van der Waals surface area (Å²) in [6.45, 7) is 2.18. The molecule has 1 atom stereocenters. The van der Waals surface area contributed by atoms with Gasteiger partial charge in [0.05, 0.1) is 0 Å². The Bertz CT molecular complexity index is 436. The van der Waals surface area contributed by atoms with Crippen LogP contribution >= 0.6 is 11.3 Å². The van der Waals surface area contributed by atoms with Crippen LogP contribution in [0.3, 0.4) is 0 Å². The third-order valence-corrected chi connectivity index (χ3v) is 3.87. The normalized spacial score (nSPS) is 12.6. The van der Waals surface area contributed by atoms with Crippen LogP contribution in [0.5, 0.6) is 0 Å². The van der Waals surface area contributed by atoms with Crippen molar-refractivity contribution in [2.45, 2.75) is 25.8 Å². The number of rotatable bonds is 4. The molecule has 0 amide bonds. The highest BCUT2D eigenvalue weighted by Crippen LogP contribution is 2.22. The number of hydrogen-bond donors (Lipinski definition) is 1. The van der Waals surface area contributed by atoms with E-state index < -0.39 is 0 Å². The number of aryl methyl sites for hydroxylation is 1. The Labute approximate surface area is 100 Å². The molecule has 0 aliphatic carbocycles. The first-order valence-corrected chi connectivity index (χ1v) is 6.34. The van der Waals surface area contributed by atoms with Gasteiger partial charge in [-0.25, -0.2) is 0 Å². The van der Waals surface area contributed by atoms with Gasteiger partial charge in [-0.1, -0.05) is 6.92 Å². The second kappa shape index (κ2) is 5.23. The number of thiophene rings is 1. The molecule has 0 fully saturated rings. The molecule has 2 nitrogen and oxygen atoms in total. The van der Waals surface area contributed by atoms with Gasteiger partial charge in [0.25, 0.3) is 0 Å². The van der Waals surface area contributed by atoms with Crippen LogP contribution in [-0.2, 0) is 12.8 Å². The molecule has 84 valence electrons. The molecule has 0 aliphatic rings. The number of nitrogens with two attached hydrogens (primary N) is 1. The van der Waals surface area contributed by atoms with Crippen LogP contribution in [0.25, 0.3) is 0 Å². The number of aromatic nitrogens is 1. The average Bonchev–Trinajstić information content (AvgIpc) is 2.78. The average molecular weight is 232 g/mol. The van der Waals surface area contributed by atoms with Crippen molar-refractivity contribution < 1.29 is 0 Å². The smallest absolute Gasteiger partial charge is 0.0344 e. The maximum absolute atomic E-state index is 6.16. The quantitative estimate of drug-likeness (QED) is 0.880. The van der Waals surface area contributed by atoms with E-state index in [2.05, 4.69) is 24.0 Å². The zero-order chi connectivity index (χ0) is 11.4. The zero-order valence-corrected chi connectivity index (χ0v) is 10.2. The third-order valence-electron chi connectivity index (χ3n) is 2.62. The zero-order valence-electron chi connectivity index (χ0n) is 9.39. The lowest BCUT2D eigenvalue weighted by Gasteiger charge is -2.09. The van der Waals surface area contributed by atoms with Gasteiger partial charge in [0.1, 0.15) is 0 Å². The van der Waals surface area contributed by atoms with Crippen LogP contribution < -0.4 is 5.73 Å². The van der Waals surface area contributed by atoms with Crippen LogP contribution in [0.1, 0.15) is 28.3 Å². The summed E-state index contributed by atoms with van der Waals surface area (Å²) in [7, 11) is 0. The topological polar surface area (TPSA) is 38.9 Å². The molecule has 0 radical (unpaired) electrons. The first-order valence-electron chi connectivity index (χ1n) is 5.52. The van der Waals surface area contributed by atoms with Gasteiger partial charge in [-0.05, 0) is 36.2 Å². The second-order valence-corrected chi connectivity index (χ2v) is 5.07. The molecule has 2 N–H and O–H groups in total. The van der Waals surface area contributed by atoms with Gasteiger partial charge in [0, 0.05) is 34.6 Å². The molecular weight excluding hydrogens is 216 g/mol. The van der Waals surface area contributed by atoms with E-state index in [1.54, 1.807) is 12.4 Å². The minimum atomic E-state index is 0.0753. The molecule has 2 aromatic heterocycles. The molecule has 0 saturated heterocycles. The van der Waals surface area contributed by atoms with E-state index in [4.69, 9.17) is 5.73 Å². The fourth-order valence-electron chi connectivity index (χ4n) is 1.67. The Morgan fingerprint density at radius 3 is 2.50 bits per heavy atom. The minimum absolute atomic E-state index is 0.0753. The molecule has 2 aromatic rings. The van der Waals surface area contributed by atoms with Gasteiger partial charge in [-0.3, -0.25) is 4.98 Å². The van der Waals surface area contributed by atoms with Gasteiger partial charge in [-0.2, -0.15) is 0 Å². The van der Waals surface area contributed by atoms with E-state index in [1.807, 2.05) is 23.5 Å². The van der Waals surface area contributed by atoms with Gasteiger partial charge < -0.3 is 5.73 Å². The highest BCUT2D eigenvalue weighted by atomic mass is 32.1. The van der Waals surface area contributed by atoms with Crippen molar-refractivity contribution in [2.24, 2.45) is 5.73 Å². The lowest BCUT2D eigenvalue weighted by atomic mass is 10.1. The van der Waals surface area contributed by atoms with Crippen molar-refractivity contribution in [1.82, 2.24) is 4.98 Å². The molecule has 1 unspecified atom stereocenters. The summed E-state index contributed by atoms with van der Waals surface area (Å²) < 4.78 is 0. The SMILES string of the molecule is CCc1ccc(CC(N)c2ccncc2)s1. The van der Waals surface area contributed by atoms with E-state index >= 15 is 0 Å². The van der Waals surface area contributed by atoms with Crippen LogP contribution in [0.4, 0.5) is 0 Å². The molecule has 3 heteroatoms. The first kappa shape index (κ1) is 11.3. The van der Waals surface area contributed by atoms with Crippen molar-refractivity contribution in [3.8, 4) is 0 Å². The summed E-state index contributed by atoms with van der Waals surface area (Å²) in [5.41, 5.74) is 7.31. The Hall–Kier alpha value is -1.19. The van der Waals surface area contributed by atoms with Gasteiger partial charge in [0.2, 0.25) is 0 Å². The molecular formula is C13H16N2S. The number of hydrogen-bond acceptors (Lipinski definition) is 3. The summed E-state index contributed by atoms with van der Waals surface area (Å²) in [6.07, 6.45) is 5.60. The molecule has 0 aromatic carbocycles. The van der Waals surface area contributed by atoms with E-state index in [-0.39, 0.29) is 6.04 Å². The third kappa shape index (κ3) is 2.68. The fraction of sp³-hybridized carbons (Fsp3) is 0.308. The van der Waals surface area contributed by atoms with Gasteiger partial charge in [0.15, 0.2) is 0 Å². The predicted octanol–water partition coefficient (Wildman–Crippen LogP) is 2.95. The van der Waals surface area contributed by atoms with Crippen molar-refractivity contribution in [2.75, 3.05) is 0 Å². The summed E-state index contributed by atoms with van der Waals surface area (Å²) in [6, 6.07) is 8.42. The summed E-state index contributed by atoms with van der Waals surface area (Å²) in [5, 5.41) is 0. The number of nitrogens with zero attached hydrogens (tertiary/aromatic N) is 1. The monoisotopic (exact) mass is 232 g/mol. The van der Waals surface area contributed by atoms with E-state index in [1.165, 1.54) is 9.75 Å². The lowest BCUT2D eigenvalue weighted by Crippen LogP contribution is -2.12. The Morgan fingerprint density at radius 2 is 1.88 bits per heavy atom. The molecule has 0 aliphatic heterocycles. The first-order chi connectivity index (χ1) is 7.79. The second-order valence-electron chi connectivity index (χ2n) is 3.81. The maximum Gasteiger partial charge on any atom is 0.0344 e. The molecule has 0 spiro atoms. The largest absolute Gasteiger partial charge is 0.324 e. The van der Waals surface area contributed by atoms with Gasteiger partial charge >= 0.3 is 0 Å². The Kier molecular flexibility index (Phi) is 3.70. The standard InChI is InChI=1S/C13H16N2S/c1-2-11-3-4-12(16-11)9-13(14)10-5-7-15-8-6-10/h3-8,13H,2,9,14H2,1H3. The van der Waals surface area contributed by atoms with Crippen LogP contribution in [0, 0.1) is 0 Å². The van der Waals surface area contributed by atoms with Crippen LogP contribution in [-0.4, -0.2) is 4.98 Å². The summed E-state index contributed by atoms with van der Waals surface area (Å²) in [4.78, 5) is 6.79. The Balaban J connectivity index is 2.05. The van der Waals surface area contributed by atoms with Crippen molar-refractivity contribution in [1.29, 1.82) is 0 Å². The lowest BCUT2D eigenvalue weighted by molar-refractivity contribution is 0.728. The van der Waals surface area contributed by atoms with Crippen LogP contribution in [0.15, 0.2) is 36.7 Å². The predicted molar refractivity (Wildman–Crippen MR) is 68.6 cm³/mol. The van der Waals surface area contributed by atoms with E-state index in [0.717, 1.165) is 18.4 Å². The fourth-order valence-corrected chi connectivity index (χ4v) is 2.68. The molecule has 0 saturated carbocycles. The summed E-state index contributed by atoms with van der Waals surface area (Å²) >= 11 is 1.86.